The van der Waals surface area contributed by atoms with Gasteiger partial charge in [-0.2, -0.15) is 5.10 Å². The molecule has 0 radical (unpaired) electrons. The van der Waals surface area contributed by atoms with Gasteiger partial charge in [-0.3, -0.25) is 4.79 Å². The number of carbonyl (C=O) groups is 1. The second-order valence-corrected chi connectivity index (χ2v) is 8.01. The van der Waals surface area contributed by atoms with Gasteiger partial charge in [-0.25, -0.2) is 14.6 Å². The van der Waals surface area contributed by atoms with Crippen LogP contribution in [0.3, 0.4) is 0 Å². The molecular weight excluding hydrogens is 378 g/mol. The van der Waals surface area contributed by atoms with Crippen molar-refractivity contribution in [2.24, 2.45) is 0 Å². The van der Waals surface area contributed by atoms with Crippen LogP contribution in [0.15, 0.2) is 42.7 Å². The van der Waals surface area contributed by atoms with Crippen molar-refractivity contribution in [2.45, 2.75) is 19.4 Å². The highest BCUT2D eigenvalue weighted by atomic mass is 16.2. The van der Waals surface area contributed by atoms with Gasteiger partial charge >= 0.3 is 0 Å². The standard InChI is InChI=1S/C22H27N7O/c1-15-6-8-16(9-7-15)20-19-21(23)24-14-25-22(19)29(26-20)17-10-12-28(13-17)18(30)5-4-11-27(2)3/h4-9,14,17H,10-13H2,1-3H3,(H2,23,24,25)/b5-4+/t17-/m1/s1. The molecule has 3 aromatic rings. The van der Waals surface area contributed by atoms with Crippen molar-refractivity contribution in [3.8, 4) is 11.3 Å². The van der Waals surface area contributed by atoms with Gasteiger partial charge in [0.05, 0.1) is 11.4 Å². The summed E-state index contributed by atoms with van der Waals surface area (Å²) in [5.41, 5.74) is 9.85. The lowest BCUT2D eigenvalue weighted by Crippen LogP contribution is -2.28. The Balaban J connectivity index is 1.64. The van der Waals surface area contributed by atoms with E-state index in [0.29, 0.717) is 24.6 Å². The summed E-state index contributed by atoms with van der Waals surface area (Å²) >= 11 is 0. The van der Waals surface area contributed by atoms with Crippen LogP contribution in [0.5, 0.6) is 0 Å². The van der Waals surface area contributed by atoms with Crippen LogP contribution in [-0.2, 0) is 4.79 Å². The predicted octanol–water partition coefficient (Wildman–Crippen LogP) is 2.28. The molecule has 4 rings (SSSR count). The van der Waals surface area contributed by atoms with Crippen LogP contribution in [0.25, 0.3) is 22.3 Å². The van der Waals surface area contributed by atoms with E-state index in [1.807, 2.05) is 46.8 Å². The number of rotatable bonds is 5. The summed E-state index contributed by atoms with van der Waals surface area (Å²) < 4.78 is 1.92. The number of aryl methyl sites for hydroxylation is 1. The third-order valence-corrected chi connectivity index (χ3v) is 5.40. The summed E-state index contributed by atoms with van der Waals surface area (Å²) in [6, 6.07) is 8.22. The average molecular weight is 406 g/mol. The lowest BCUT2D eigenvalue weighted by molar-refractivity contribution is -0.125. The molecule has 1 fully saturated rings. The minimum Gasteiger partial charge on any atom is -0.383 e. The number of likely N-dealkylation sites (N-methyl/N-ethyl adjacent to an activating group) is 1. The van der Waals surface area contributed by atoms with Gasteiger partial charge in [-0.1, -0.05) is 35.9 Å². The molecule has 0 bridgehead atoms. The molecule has 8 heteroatoms. The number of amides is 1. The fourth-order valence-electron chi connectivity index (χ4n) is 3.77. The number of benzene rings is 1. The Labute approximate surface area is 176 Å². The molecule has 3 heterocycles. The Morgan fingerprint density at radius 2 is 2.03 bits per heavy atom. The summed E-state index contributed by atoms with van der Waals surface area (Å²) in [6.07, 6.45) is 5.84. The average Bonchev–Trinajstić information content (AvgIpc) is 3.34. The van der Waals surface area contributed by atoms with Gasteiger partial charge < -0.3 is 15.5 Å². The van der Waals surface area contributed by atoms with E-state index in [1.165, 1.54) is 11.9 Å². The number of hydrogen-bond acceptors (Lipinski definition) is 6. The number of carbonyl (C=O) groups excluding carboxylic acids is 1. The Bertz CT molecular complexity index is 1080. The van der Waals surface area contributed by atoms with Crippen LogP contribution < -0.4 is 5.73 Å². The fourth-order valence-corrected chi connectivity index (χ4v) is 3.77. The van der Waals surface area contributed by atoms with Gasteiger partial charge in [0, 0.05) is 31.3 Å². The smallest absolute Gasteiger partial charge is 0.246 e. The molecule has 0 spiro atoms. The minimum absolute atomic E-state index is 0.0312. The number of likely N-dealkylation sites (tertiary alicyclic amines) is 1. The molecule has 2 aromatic heterocycles. The van der Waals surface area contributed by atoms with Gasteiger partial charge in [0.25, 0.3) is 0 Å². The van der Waals surface area contributed by atoms with E-state index in [1.54, 1.807) is 6.08 Å². The SMILES string of the molecule is Cc1ccc(-c2nn([C@@H]3CCN(C(=O)/C=C/CN(C)C)C3)c3ncnc(N)c23)cc1. The first-order valence-electron chi connectivity index (χ1n) is 10.1. The maximum Gasteiger partial charge on any atom is 0.246 e. The zero-order valence-electron chi connectivity index (χ0n) is 17.6. The minimum atomic E-state index is 0.0312. The number of aromatic nitrogens is 4. The second kappa shape index (κ2) is 8.23. The van der Waals surface area contributed by atoms with Crippen molar-refractivity contribution in [2.75, 3.05) is 39.5 Å². The number of nitrogen functional groups attached to an aromatic ring is 1. The van der Waals surface area contributed by atoms with Gasteiger partial charge in [-0.05, 0) is 27.4 Å². The molecule has 1 atom stereocenters. The summed E-state index contributed by atoms with van der Waals surface area (Å²) in [7, 11) is 3.95. The fraction of sp³-hybridized carbons (Fsp3) is 0.364. The molecule has 2 N–H and O–H groups in total. The van der Waals surface area contributed by atoms with Gasteiger partial charge in [0.1, 0.15) is 17.8 Å². The van der Waals surface area contributed by atoms with Gasteiger partial charge in [0.2, 0.25) is 5.91 Å². The first-order chi connectivity index (χ1) is 14.4. The van der Waals surface area contributed by atoms with E-state index in [-0.39, 0.29) is 11.9 Å². The number of nitrogens with zero attached hydrogens (tertiary/aromatic N) is 6. The predicted molar refractivity (Wildman–Crippen MR) is 118 cm³/mol. The first-order valence-corrected chi connectivity index (χ1v) is 10.1. The van der Waals surface area contributed by atoms with Crippen molar-refractivity contribution in [1.82, 2.24) is 29.5 Å². The first kappa shape index (κ1) is 20.0. The highest BCUT2D eigenvalue weighted by molar-refractivity contribution is 5.98. The Morgan fingerprint density at radius 3 is 2.77 bits per heavy atom. The Kier molecular flexibility index (Phi) is 5.50. The lowest BCUT2D eigenvalue weighted by Gasteiger charge is -2.15. The molecule has 1 aromatic carbocycles. The number of fused-ring (bicyclic) bond motifs is 1. The monoisotopic (exact) mass is 405 g/mol. The van der Waals surface area contributed by atoms with Crippen molar-refractivity contribution >= 4 is 22.8 Å². The van der Waals surface area contributed by atoms with Crippen LogP contribution in [0.4, 0.5) is 5.82 Å². The molecule has 156 valence electrons. The van der Waals surface area contributed by atoms with Crippen LogP contribution >= 0.6 is 0 Å². The van der Waals surface area contributed by atoms with Crippen LogP contribution in [-0.4, -0.2) is 69.2 Å². The van der Waals surface area contributed by atoms with E-state index in [4.69, 9.17) is 10.8 Å². The van der Waals surface area contributed by atoms with Crippen molar-refractivity contribution in [3.05, 3.63) is 48.3 Å². The second-order valence-electron chi connectivity index (χ2n) is 8.01. The zero-order valence-corrected chi connectivity index (χ0v) is 17.6. The largest absolute Gasteiger partial charge is 0.383 e. The molecule has 1 amide bonds. The third-order valence-electron chi connectivity index (χ3n) is 5.40. The molecule has 8 nitrogen and oxygen atoms in total. The summed E-state index contributed by atoms with van der Waals surface area (Å²) in [5.74, 6) is 0.447. The molecule has 0 saturated carbocycles. The maximum atomic E-state index is 12.5. The normalized spacial score (nSPS) is 16.9. The molecule has 30 heavy (non-hydrogen) atoms. The third kappa shape index (κ3) is 3.91. The van der Waals surface area contributed by atoms with E-state index in [9.17, 15) is 4.79 Å². The molecule has 1 saturated heterocycles. The maximum absolute atomic E-state index is 12.5. The highest BCUT2D eigenvalue weighted by Gasteiger charge is 2.30. The van der Waals surface area contributed by atoms with E-state index in [2.05, 4.69) is 29.0 Å². The Morgan fingerprint density at radius 1 is 1.27 bits per heavy atom. The van der Waals surface area contributed by atoms with Crippen molar-refractivity contribution in [3.63, 3.8) is 0 Å². The number of hydrogen-bond donors (Lipinski definition) is 1. The van der Waals surface area contributed by atoms with Crippen LogP contribution in [0.2, 0.25) is 0 Å². The van der Waals surface area contributed by atoms with E-state index in [0.717, 1.165) is 29.6 Å². The molecule has 0 aliphatic carbocycles. The van der Waals surface area contributed by atoms with E-state index >= 15 is 0 Å². The van der Waals surface area contributed by atoms with Crippen molar-refractivity contribution < 1.29 is 4.79 Å². The molecular formula is C22H27N7O. The Hall–Kier alpha value is -3.26. The van der Waals surface area contributed by atoms with E-state index < -0.39 is 0 Å². The number of anilines is 1. The highest BCUT2D eigenvalue weighted by Crippen LogP contribution is 2.33. The van der Waals surface area contributed by atoms with Crippen molar-refractivity contribution in [1.29, 1.82) is 0 Å². The lowest BCUT2D eigenvalue weighted by atomic mass is 10.1. The summed E-state index contributed by atoms with van der Waals surface area (Å²) in [4.78, 5) is 25.1. The topological polar surface area (TPSA) is 93.2 Å². The molecule has 1 aliphatic rings. The van der Waals surface area contributed by atoms with Gasteiger partial charge in [0.15, 0.2) is 5.65 Å². The quantitative estimate of drug-likeness (QED) is 0.655. The van der Waals surface area contributed by atoms with Crippen LogP contribution in [0, 0.1) is 6.92 Å². The summed E-state index contributed by atoms with van der Waals surface area (Å²) in [5, 5.41) is 5.64. The van der Waals surface area contributed by atoms with Gasteiger partial charge in [-0.15, -0.1) is 0 Å². The summed E-state index contributed by atoms with van der Waals surface area (Å²) in [6.45, 7) is 4.08. The number of nitrogens with two attached hydrogens (primary N) is 1. The van der Waals surface area contributed by atoms with Crippen LogP contribution in [0.1, 0.15) is 18.0 Å². The zero-order chi connectivity index (χ0) is 21.3. The molecule has 0 unspecified atom stereocenters. The molecule has 1 aliphatic heterocycles.